The van der Waals surface area contributed by atoms with Crippen molar-refractivity contribution in [1.82, 2.24) is 10.2 Å². The summed E-state index contributed by atoms with van der Waals surface area (Å²) in [6.45, 7) is 4.24. The Labute approximate surface area is 169 Å². The van der Waals surface area contributed by atoms with E-state index >= 15 is 0 Å². The largest absolute Gasteiger partial charge is 0.315 e. The minimum atomic E-state index is 0.577. The third kappa shape index (κ3) is 5.09. The van der Waals surface area contributed by atoms with E-state index in [4.69, 9.17) is 0 Å². The highest BCUT2D eigenvalue weighted by Gasteiger charge is 2.25. The van der Waals surface area contributed by atoms with Crippen LogP contribution in [0.2, 0.25) is 0 Å². The van der Waals surface area contributed by atoms with Crippen molar-refractivity contribution in [2.45, 2.75) is 31.8 Å². The van der Waals surface area contributed by atoms with Gasteiger partial charge in [-0.2, -0.15) is 0 Å². The molecule has 4 rings (SSSR count). The van der Waals surface area contributed by atoms with Gasteiger partial charge in [-0.15, -0.1) is 0 Å². The Bertz CT molecular complexity index is 845. The standard InChI is InChI=1S/C26H30N2/c1-3-9-22(10-4-1)15-16-27-17-18-28-21-25-14-8-7-13-24(25)20-26(28)19-23-11-5-2-6-12-23/h1-14,26-27H,15-21H2. The van der Waals surface area contributed by atoms with E-state index in [1.165, 1.54) is 22.3 Å². The van der Waals surface area contributed by atoms with Crippen LogP contribution in [0.25, 0.3) is 0 Å². The molecule has 0 saturated heterocycles. The summed E-state index contributed by atoms with van der Waals surface area (Å²) in [6, 6.07) is 31.2. The highest BCUT2D eigenvalue weighted by molar-refractivity contribution is 5.31. The lowest BCUT2D eigenvalue weighted by Crippen LogP contribution is -2.45. The average molecular weight is 371 g/mol. The van der Waals surface area contributed by atoms with Crippen LogP contribution in [0.4, 0.5) is 0 Å². The first-order valence-electron chi connectivity index (χ1n) is 10.5. The Hall–Kier alpha value is -2.42. The maximum atomic E-state index is 3.65. The maximum absolute atomic E-state index is 3.65. The minimum Gasteiger partial charge on any atom is -0.315 e. The lowest BCUT2D eigenvalue weighted by atomic mass is 9.90. The molecule has 144 valence electrons. The molecular weight excluding hydrogens is 340 g/mol. The second-order valence-corrected chi connectivity index (χ2v) is 7.77. The van der Waals surface area contributed by atoms with E-state index in [9.17, 15) is 0 Å². The van der Waals surface area contributed by atoms with E-state index in [1.807, 2.05) is 0 Å². The number of rotatable bonds is 8. The van der Waals surface area contributed by atoms with Crippen LogP contribution in [0, 0.1) is 0 Å². The number of hydrogen-bond donors (Lipinski definition) is 1. The molecule has 1 atom stereocenters. The molecule has 3 aromatic rings. The first-order chi connectivity index (χ1) is 13.9. The molecule has 1 aliphatic heterocycles. The summed E-state index contributed by atoms with van der Waals surface area (Å²) in [7, 11) is 0. The topological polar surface area (TPSA) is 15.3 Å². The zero-order valence-corrected chi connectivity index (χ0v) is 16.6. The molecule has 0 saturated carbocycles. The lowest BCUT2D eigenvalue weighted by Gasteiger charge is -2.37. The van der Waals surface area contributed by atoms with Crippen LogP contribution in [0.3, 0.4) is 0 Å². The first-order valence-corrected chi connectivity index (χ1v) is 10.5. The summed E-state index contributed by atoms with van der Waals surface area (Å²) in [5.74, 6) is 0. The number of fused-ring (bicyclic) bond motifs is 1. The Morgan fingerprint density at radius 3 is 2.11 bits per heavy atom. The molecule has 0 radical (unpaired) electrons. The maximum Gasteiger partial charge on any atom is 0.0240 e. The van der Waals surface area contributed by atoms with Gasteiger partial charge in [0, 0.05) is 25.7 Å². The molecule has 1 heterocycles. The fraction of sp³-hybridized carbons (Fsp3) is 0.308. The molecule has 1 aliphatic rings. The second-order valence-electron chi connectivity index (χ2n) is 7.77. The van der Waals surface area contributed by atoms with Gasteiger partial charge in [-0.05, 0) is 48.1 Å². The lowest BCUT2D eigenvalue weighted by molar-refractivity contribution is 0.171. The highest BCUT2D eigenvalue weighted by atomic mass is 15.2. The zero-order chi connectivity index (χ0) is 19.0. The Morgan fingerprint density at radius 1 is 0.714 bits per heavy atom. The minimum absolute atomic E-state index is 0.577. The normalized spacial score (nSPS) is 16.6. The molecule has 28 heavy (non-hydrogen) atoms. The molecule has 0 fully saturated rings. The number of hydrogen-bond acceptors (Lipinski definition) is 2. The van der Waals surface area contributed by atoms with Gasteiger partial charge in [0.05, 0.1) is 0 Å². The molecule has 0 aliphatic carbocycles. The monoisotopic (exact) mass is 370 g/mol. The van der Waals surface area contributed by atoms with Crippen molar-refractivity contribution >= 4 is 0 Å². The molecule has 1 N–H and O–H groups in total. The highest BCUT2D eigenvalue weighted by Crippen LogP contribution is 2.25. The number of nitrogens with zero attached hydrogens (tertiary/aromatic N) is 1. The van der Waals surface area contributed by atoms with E-state index in [0.29, 0.717) is 6.04 Å². The van der Waals surface area contributed by atoms with Crippen molar-refractivity contribution in [3.63, 3.8) is 0 Å². The molecule has 2 heteroatoms. The van der Waals surface area contributed by atoms with Gasteiger partial charge in [-0.25, -0.2) is 0 Å². The number of benzene rings is 3. The molecule has 3 aromatic carbocycles. The molecule has 1 unspecified atom stereocenters. The van der Waals surface area contributed by atoms with Crippen LogP contribution in [0.1, 0.15) is 22.3 Å². The van der Waals surface area contributed by atoms with E-state index in [-0.39, 0.29) is 0 Å². The van der Waals surface area contributed by atoms with Crippen LogP contribution in [-0.2, 0) is 25.8 Å². The molecule has 0 bridgehead atoms. The Balaban J connectivity index is 1.34. The van der Waals surface area contributed by atoms with E-state index in [0.717, 1.165) is 45.4 Å². The van der Waals surface area contributed by atoms with Gasteiger partial charge in [-0.1, -0.05) is 84.9 Å². The average Bonchev–Trinajstić information content (AvgIpc) is 2.75. The Kier molecular flexibility index (Phi) is 6.54. The van der Waals surface area contributed by atoms with Gasteiger partial charge < -0.3 is 5.32 Å². The molecule has 2 nitrogen and oxygen atoms in total. The van der Waals surface area contributed by atoms with E-state index in [2.05, 4.69) is 95.1 Å². The van der Waals surface area contributed by atoms with Gasteiger partial charge >= 0.3 is 0 Å². The van der Waals surface area contributed by atoms with E-state index in [1.54, 1.807) is 0 Å². The van der Waals surface area contributed by atoms with Crippen LogP contribution < -0.4 is 5.32 Å². The molecule has 0 amide bonds. The molecular formula is C26H30N2. The van der Waals surface area contributed by atoms with Gasteiger partial charge in [0.2, 0.25) is 0 Å². The molecule has 0 spiro atoms. The summed E-state index contributed by atoms with van der Waals surface area (Å²) in [6.07, 6.45) is 3.37. The van der Waals surface area contributed by atoms with Crippen molar-refractivity contribution in [1.29, 1.82) is 0 Å². The van der Waals surface area contributed by atoms with Gasteiger partial charge in [0.1, 0.15) is 0 Å². The first kappa shape index (κ1) is 18.9. The smallest absolute Gasteiger partial charge is 0.0240 e. The van der Waals surface area contributed by atoms with Crippen molar-refractivity contribution in [3.8, 4) is 0 Å². The van der Waals surface area contributed by atoms with Crippen molar-refractivity contribution in [3.05, 3.63) is 107 Å². The summed E-state index contributed by atoms with van der Waals surface area (Å²) in [5.41, 5.74) is 5.87. The quantitative estimate of drug-likeness (QED) is 0.588. The van der Waals surface area contributed by atoms with Crippen molar-refractivity contribution in [2.24, 2.45) is 0 Å². The summed E-state index contributed by atoms with van der Waals surface area (Å²) < 4.78 is 0. The number of nitrogens with one attached hydrogen (secondary N) is 1. The van der Waals surface area contributed by atoms with E-state index < -0.39 is 0 Å². The predicted molar refractivity (Wildman–Crippen MR) is 118 cm³/mol. The summed E-state index contributed by atoms with van der Waals surface area (Å²) in [4.78, 5) is 2.67. The fourth-order valence-corrected chi connectivity index (χ4v) is 4.22. The SMILES string of the molecule is c1ccc(CCNCCN2Cc3ccccc3CC2Cc2ccccc2)cc1. The third-order valence-corrected chi connectivity index (χ3v) is 5.79. The van der Waals surface area contributed by atoms with Gasteiger partial charge in [0.15, 0.2) is 0 Å². The zero-order valence-electron chi connectivity index (χ0n) is 16.6. The Morgan fingerprint density at radius 2 is 1.36 bits per heavy atom. The van der Waals surface area contributed by atoms with Crippen LogP contribution in [0.15, 0.2) is 84.9 Å². The van der Waals surface area contributed by atoms with Crippen LogP contribution >= 0.6 is 0 Å². The fourth-order valence-electron chi connectivity index (χ4n) is 4.22. The summed E-state index contributed by atoms with van der Waals surface area (Å²) >= 11 is 0. The summed E-state index contributed by atoms with van der Waals surface area (Å²) in [5, 5.41) is 3.65. The van der Waals surface area contributed by atoms with Crippen LogP contribution in [-0.4, -0.2) is 30.6 Å². The van der Waals surface area contributed by atoms with Gasteiger partial charge in [-0.3, -0.25) is 4.90 Å². The predicted octanol–water partition coefficient (Wildman–Crippen LogP) is 4.49. The van der Waals surface area contributed by atoms with Crippen molar-refractivity contribution in [2.75, 3.05) is 19.6 Å². The van der Waals surface area contributed by atoms with Gasteiger partial charge in [0.25, 0.3) is 0 Å². The van der Waals surface area contributed by atoms with Crippen molar-refractivity contribution < 1.29 is 0 Å². The molecule has 0 aromatic heterocycles. The van der Waals surface area contributed by atoms with Crippen LogP contribution in [0.5, 0.6) is 0 Å². The second kappa shape index (κ2) is 9.68. The third-order valence-electron chi connectivity index (χ3n) is 5.79.